The highest BCUT2D eigenvalue weighted by Gasteiger charge is 2.30. The fourth-order valence-corrected chi connectivity index (χ4v) is 1.70. The molecule has 0 aliphatic heterocycles. The summed E-state index contributed by atoms with van der Waals surface area (Å²) in [5.41, 5.74) is 0.826. The summed E-state index contributed by atoms with van der Waals surface area (Å²) in [6.45, 7) is 3.95. The molecular formula is C14H17F3O2. The predicted octanol–water partition coefficient (Wildman–Crippen LogP) is 4.13. The maximum absolute atomic E-state index is 12.0. The van der Waals surface area contributed by atoms with Gasteiger partial charge in [0.05, 0.1) is 0 Å². The molecule has 0 atom stereocenters. The summed E-state index contributed by atoms with van der Waals surface area (Å²) < 4.78 is 39.6. The van der Waals surface area contributed by atoms with E-state index < -0.39 is 6.36 Å². The van der Waals surface area contributed by atoms with Crippen LogP contribution in [-0.4, -0.2) is 12.1 Å². The summed E-state index contributed by atoms with van der Waals surface area (Å²) >= 11 is 0. The van der Waals surface area contributed by atoms with Crippen molar-refractivity contribution in [1.29, 1.82) is 0 Å². The Labute approximate surface area is 110 Å². The number of hydrogen-bond donors (Lipinski definition) is 0. The quantitative estimate of drug-likeness (QED) is 0.779. The van der Waals surface area contributed by atoms with Crippen LogP contribution in [0.4, 0.5) is 13.2 Å². The van der Waals surface area contributed by atoms with Gasteiger partial charge in [0.15, 0.2) is 0 Å². The second-order valence-electron chi connectivity index (χ2n) is 4.83. The first-order valence-electron chi connectivity index (χ1n) is 6.12. The van der Waals surface area contributed by atoms with Crippen molar-refractivity contribution >= 4 is 5.78 Å². The molecule has 0 spiro atoms. The van der Waals surface area contributed by atoms with Crippen molar-refractivity contribution in [3.8, 4) is 5.75 Å². The van der Waals surface area contributed by atoms with Gasteiger partial charge in [-0.25, -0.2) is 0 Å². The first-order valence-corrected chi connectivity index (χ1v) is 6.12. The second-order valence-corrected chi connectivity index (χ2v) is 4.83. The Morgan fingerprint density at radius 3 is 2.26 bits per heavy atom. The van der Waals surface area contributed by atoms with E-state index in [4.69, 9.17) is 0 Å². The van der Waals surface area contributed by atoms with Gasteiger partial charge in [-0.3, -0.25) is 4.79 Å². The minimum absolute atomic E-state index is 0.172. The first-order chi connectivity index (χ1) is 8.76. The van der Waals surface area contributed by atoms with Crippen molar-refractivity contribution in [2.45, 2.75) is 39.5 Å². The van der Waals surface area contributed by atoms with Crippen LogP contribution < -0.4 is 4.74 Å². The number of rotatable bonds is 6. The first kappa shape index (κ1) is 15.5. The van der Waals surface area contributed by atoms with Gasteiger partial charge in [-0.05, 0) is 30.0 Å². The summed E-state index contributed by atoms with van der Waals surface area (Å²) in [5.74, 6) is 0.255. The molecule has 0 saturated carbocycles. The number of benzene rings is 1. The van der Waals surface area contributed by atoms with Gasteiger partial charge in [0.1, 0.15) is 11.5 Å². The third kappa shape index (κ3) is 6.84. The molecule has 19 heavy (non-hydrogen) atoms. The number of Topliss-reactive ketones (excluding diaryl/α,β-unsaturated/α-hetero) is 1. The molecule has 0 unspecified atom stereocenters. The number of carbonyl (C=O) groups excluding carboxylic acids is 1. The summed E-state index contributed by atoms with van der Waals surface area (Å²) in [6, 6.07) is 5.61. The van der Waals surface area contributed by atoms with E-state index in [1.807, 2.05) is 13.8 Å². The lowest BCUT2D eigenvalue weighted by Crippen LogP contribution is -2.17. The Morgan fingerprint density at radius 1 is 1.21 bits per heavy atom. The normalized spacial score (nSPS) is 11.7. The number of ketones is 1. The summed E-state index contributed by atoms with van der Waals surface area (Å²) in [4.78, 5) is 11.5. The standard InChI is InChI=1S/C14H17F3O2/c1-10(2)9-12(18)6-3-11-4-7-13(8-5-11)19-14(15,16)17/h4-5,7-8,10H,3,6,9H2,1-2H3. The molecule has 5 heteroatoms. The lowest BCUT2D eigenvalue weighted by molar-refractivity contribution is -0.274. The molecule has 0 radical (unpaired) electrons. The number of aryl methyl sites for hydroxylation is 1. The lowest BCUT2D eigenvalue weighted by Gasteiger charge is -2.09. The minimum atomic E-state index is -4.67. The average molecular weight is 274 g/mol. The zero-order valence-corrected chi connectivity index (χ0v) is 11.0. The van der Waals surface area contributed by atoms with E-state index in [0.717, 1.165) is 5.56 Å². The van der Waals surface area contributed by atoms with Gasteiger partial charge in [0.2, 0.25) is 0 Å². The molecule has 2 nitrogen and oxygen atoms in total. The van der Waals surface area contributed by atoms with Gasteiger partial charge < -0.3 is 4.74 Å². The van der Waals surface area contributed by atoms with Crippen molar-refractivity contribution in [2.75, 3.05) is 0 Å². The highest BCUT2D eigenvalue weighted by molar-refractivity contribution is 5.78. The molecule has 0 saturated heterocycles. The van der Waals surface area contributed by atoms with Crippen molar-refractivity contribution < 1.29 is 22.7 Å². The summed E-state index contributed by atoms with van der Waals surface area (Å²) in [7, 11) is 0. The van der Waals surface area contributed by atoms with E-state index in [9.17, 15) is 18.0 Å². The SMILES string of the molecule is CC(C)CC(=O)CCc1ccc(OC(F)(F)F)cc1. The molecule has 106 valence electrons. The Kier molecular flexibility index (Phi) is 5.39. The number of ether oxygens (including phenoxy) is 1. The number of halogens is 3. The Hall–Kier alpha value is -1.52. The third-order valence-electron chi connectivity index (χ3n) is 2.49. The Morgan fingerprint density at radius 2 is 1.79 bits per heavy atom. The molecule has 0 heterocycles. The zero-order chi connectivity index (χ0) is 14.5. The fourth-order valence-electron chi connectivity index (χ4n) is 1.70. The van der Waals surface area contributed by atoms with Crippen LogP contribution in [0.5, 0.6) is 5.75 Å². The highest BCUT2D eigenvalue weighted by Crippen LogP contribution is 2.23. The van der Waals surface area contributed by atoms with Gasteiger partial charge in [-0.1, -0.05) is 26.0 Å². The molecule has 0 aliphatic carbocycles. The average Bonchev–Trinajstić information content (AvgIpc) is 2.25. The van der Waals surface area contributed by atoms with Crippen LogP contribution in [-0.2, 0) is 11.2 Å². The maximum Gasteiger partial charge on any atom is 0.573 e. The highest BCUT2D eigenvalue weighted by atomic mass is 19.4. The predicted molar refractivity (Wildman–Crippen MR) is 65.9 cm³/mol. The van der Waals surface area contributed by atoms with Crippen LogP contribution in [0.2, 0.25) is 0 Å². The van der Waals surface area contributed by atoms with E-state index in [1.165, 1.54) is 12.1 Å². The van der Waals surface area contributed by atoms with E-state index in [0.29, 0.717) is 25.2 Å². The van der Waals surface area contributed by atoms with Crippen molar-refractivity contribution in [2.24, 2.45) is 5.92 Å². The van der Waals surface area contributed by atoms with Gasteiger partial charge in [-0.15, -0.1) is 13.2 Å². The minimum Gasteiger partial charge on any atom is -0.406 e. The fraction of sp³-hybridized carbons (Fsp3) is 0.500. The monoisotopic (exact) mass is 274 g/mol. The number of alkyl halides is 3. The molecule has 0 fully saturated rings. The van der Waals surface area contributed by atoms with Crippen molar-refractivity contribution in [1.82, 2.24) is 0 Å². The van der Waals surface area contributed by atoms with Crippen LogP contribution in [0.25, 0.3) is 0 Å². The van der Waals surface area contributed by atoms with Gasteiger partial charge in [-0.2, -0.15) is 0 Å². The Bertz CT molecular complexity index is 408. The van der Waals surface area contributed by atoms with Crippen LogP contribution in [0.15, 0.2) is 24.3 Å². The van der Waals surface area contributed by atoms with E-state index >= 15 is 0 Å². The summed E-state index contributed by atoms with van der Waals surface area (Å²) in [5, 5.41) is 0. The topological polar surface area (TPSA) is 26.3 Å². The van der Waals surface area contributed by atoms with Crippen molar-refractivity contribution in [3.05, 3.63) is 29.8 Å². The second kappa shape index (κ2) is 6.59. The van der Waals surface area contributed by atoms with Crippen LogP contribution >= 0.6 is 0 Å². The van der Waals surface area contributed by atoms with Crippen LogP contribution in [0, 0.1) is 5.92 Å². The van der Waals surface area contributed by atoms with E-state index in [-0.39, 0.29) is 11.5 Å². The molecule has 0 bridgehead atoms. The number of hydrogen-bond acceptors (Lipinski definition) is 2. The van der Waals surface area contributed by atoms with Crippen LogP contribution in [0.3, 0.4) is 0 Å². The molecular weight excluding hydrogens is 257 g/mol. The smallest absolute Gasteiger partial charge is 0.406 e. The molecule has 1 aromatic carbocycles. The molecule has 0 aliphatic rings. The van der Waals surface area contributed by atoms with Crippen molar-refractivity contribution in [3.63, 3.8) is 0 Å². The molecule has 0 amide bonds. The number of carbonyl (C=O) groups is 1. The maximum atomic E-state index is 12.0. The van der Waals surface area contributed by atoms with Gasteiger partial charge >= 0.3 is 6.36 Å². The molecule has 1 aromatic rings. The van der Waals surface area contributed by atoms with Crippen LogP contribution in [0.1, 0.15) is 32.3 Å². The van der Waals surface area contributed by atoms with Gasteiger partial charge in [0.25, 0.3) is 0 Å². The molecule has 0 N–H and O–H groups in total. The Balaban J connectivity index is 2.46. The lowest BCUT2D eigenvalue weighted by atomic mass is 10.0. The molecule has 1 rings (SSSR count). The third-order valence-corrected chi connectivity index (χ3v) is 2.49. The zero-order valence-electron chi connectivity index (χ0n) is 11.0. The van der Waals surface area contributed by atoms with Gasteiger partial charge in [0, 0.05) is 12.8 Å². The molecule has 0 aromatic heterocycles. The summed E-state index contributed by atoms with van der Waals surface area (Å²) in [6.07, 6.45) is -3.18. The largest absolute Gasteiger partial charge is 0.573 e. The van der Waals surface area contributed by atoms with E-state index in [1.54, 1.807) is 12.1 Å². The van der Waals surface area contributed by atoms with E-state index in [2.05, 4.69) is 4.74 Å².